The minimum absolute atomic E-state index is 0.0415. The van der Waals surface area contributed by atoms with Gasteiger partial charge in [-0.05, 0) is 54.3 Å². The van der Waals surface area contributed by atoms with E-state index in [1.54, 1.807) is 16.7 Å². The van der Waals surface area contributed by atoms with Crippen molar-refractivity contribution < 1.29 is 9.53 Å². The summed E-state index contributed by atoms with van der Waals surface area (Å²) in [5.74, 6) is 1.19. The molecule has 0 radical (unpaired) electrons. The number of carbonyl (C=O) groups excluding carboxylic acids is 1. The van der Waals surface area contributed by atoms with Gasteiger partial charge in [-0.25, -0.2) is 0 Å². The molecule has 0 aliphatic carbocycles. The number of nitrogens with zero attached hydrogens (tertiary/aromatic N) is 3. The van der Waals surface area contributed by atoms with Gasteiger partial charge in [-0.15, -0.1) is 0 Å². The normalized spacial score (nSPS) is 17.3. The van der Waals surface area contributed by atoms with Crippen LogP contribution in [0.5, 0.6) is 5.75 Å². The number of anilines is 1. The van der Waals surface area contributed by atoms with E-state index in [1.165, 1.54) is 18.4 Å². The molecule has 2 heterocycles. The lowest BCUT2D eigenvalue weighted by atomic mass is 9.86. The summed E-state index contributed by atoms with van der Waals surface area (Å²) in [6.45, 7) is 3.04. The third-order valence-electron chi connectivity index (χ3n) is 7.05. The molecule has 0 spiro atoms. The van der Waals surface area contributed by atoms with E-state index in [2.05, 4.69) is 42.2 Å². The van der Waals surface area contributed by atoms with Crippen molar-refractivity contribution in [2.75, 3.05) is 17.4 Å². The first kappa shape index (κ1) is 26.2. The third kappa shape index (κ3) is 5.70. The molecular weight excluding hydrogens is 514 g/mol. The summed E-state index contributed by atoms with van der Waals surface area (Å²) in [6, 6.07) is 26.3. The highest BCUT2D eigenvalue weighted by Gasteiger charge is 2.38. The average Bonchev–Trinajstić information content (AvgIpc) is 2.96. The molecule has 0 N–H and O–H groups in total. The summed E-state index contributed by atoms with van der Waals surface area (Å²) in [5.41, 5.74) is 4.96. The molecule has 38 heavy (non-hydrogen) atoms. The monoisotopic (exact) mass is 543 g/mol. The van der Waals surface area contributed by atoms with Crippen LogP contribution in [0.4, 0.5) is 5.69 Å². The molecule has 1 saturated heterocycles. The molecule has 2 aliphatic heterocycles. The fourth-order valence-corrected chi connectivity index (χ4v) is 6.20. The molecule has 5 nitrogen and oxygen atoms in total. The number of fused-ring (bicyclic) bond motifs is 1. The molecule has 194 valence electrons. The van der Waals surface area contributed by atoms with Gasteiger partial charge >= 0.3 is 0 Å². The molecule has 1 unspecified atom stereocenters. The van der Waals surface area contributed by atoms with Gasteiger partial charge in [0, 0.05) is 28.6 Å². The number of allylic oxidation sites excluding steroid dienone is 1. The molecular formula is C31H30ClN3O2S. The van der Waals surface area contributed by atoms with E-state index in [0.717, 1.165) is 28.3 Å². The van der Waals surface area contributed by atoms with Crippen LogP contribution in [0.1, 0.15) is 48.8 Å². The number of unbranched alkanes of at least 4 members (excludes halogenated alkanes) is 1. The van der Waals surface area contributed by atoms with Crippen molar-refractivity contribution in [1.29, 1.82) is 5.26 Å². The van der Waals surface area contributed by atoms with Crippen LogP contribution >= 0.6 is 23.4 Å². The fourth-order valence-electron chi connectivity index (χ4n) is 4.84. The van der Waals surface area contributed by atoms with Crippen molar-refractivity contribution in [2.24, 2.45) is 0 Å². The highest BCUT2D eigenvalue weighted by molar-refractivity contribution is 8.03. The summed E-state index contributed by atoms with van der Waals surface area (Å²) in [4.78, 5) is 17.3. The molecule has 3 aromatic carbocycles. The Morgan fingerprint density at radius 2 is 1.84 bits per heavy atom. The highest BCUT2D eigenvalue weighted by atomic mass is 35.5. The SMILES string of the molecule is CCCCc1ccc(N2CSC3=C(C#N)C(c4ccc(OCc5ccccc5Cl)cc4)CC(=O)N3C2)cc1. The van der Waals surface area contributed by atoms with Gasteiger partial charge < -0.3 is 9.64 Å². The van der Waals surface area contributed by atoms with E-state index >= 15 is 0 Å². The van der Waals surface area contributed by atoms with Crippen LogP contribution in [0.15, 0.2) is 83.4 Å². The molecule has 7 heteroatoms. The lowest BCUT2D eigenvalue weighted by molar-refractivity contribution is -0.129. The summed E-state index contributed by atoms with van der Waals surface area (Å²) in [5, 5.41) is 11.6. The van der Waals surface area contributed by atoms with Crippen molar-refractivity contribution in [3.8, 4) is 11.8 Å². The van der Waals surface area contributed by atoms with Gasteiger partial charge in [0.2, 0.25) is 5.91 Å². The number of thioether (sulfide) groups is 1. The Morgan fingerprint density at radius 1 is 1.08 bits per heavy atom. The predicted molar refractivity (Wildman–Crippen MR) is 154 cm³/mol. The maximum Gasteiger partial charge on any atom is 0.229 e. The number of rotatable bonds is 8. The van der Waals surface area contributed by atoms with Crippen molar-refractivity contribution in [1.82, 2.24) is 4.90 Å². The maximum absolute atomic E-state index is 13.3. The molecule has 1 amide bonds. The van der Waals surface area contributed by atoms with Gasteiger partial charge in [0.1, 0.15) is 12.4 Å². The zero-order chi connectivity index (χ0) is 26.5. The number of aryl methyl sites for hydroxylation is 1. The van der Waals surface area contributed by atoms with Crippen molar-refractivity contribution in [3.63, 3.8) is 0 Å². The van der Waals surface area contributed by atoms with Gasteiger partial charge in [-0.3, -0.25) is 9.69 Å². The minimum atomic E-state index is -0.256. The smallest absolute Gasteiger partial charge is 0.229 e. The third-order valence-corrected chi connectivity index (χ3v) is 8.57. The first-order chi connectivity index (χ1) is 18.6. The van der Waals surface area contributed by atoms with E-state index in [9.17, 15) is 10.1 Å². The second kappa shape index (κ2) is 12.0. The number of amides is 1. The van der Waals surface area contributed by atoms with E-state index in [1.807, 2.05) is 48.5 Å². The lowest BCUT2D eigenvalue weighted by Gasteiger charge is -2.42. The van der Waals surface area contributed by atoms with Crippen LogP contribution in [-0.2, 0) is 17.8 Å². The van der Waals surface area contributed by atoms with E-state index in [-0.39, 0.29) is 18.2 Å². The quantitative estimate of drug-likeness (QED) is 0.295. The zero-order valence-corrected chi connectivity index (χ0v) is 23.0. The van der Waals surface area contributed by atoms with Crippen LogP contribution < -0.4 is 9.64 Å². The van der Waals surface area contributed by atoms with Crippen molar-refractivity contribution in [3.05, 3.63) is 105 Å². The number of halogens is 1. The zero-order valence-electron chi connectivity index (χ0n) is 21.4. The molecule has 0 saturated carbocycles. The highest BCUT2D eigenvalue weighted by Crippen LogP contribution is 2.43. The number of ether oxygens (including phenoxy) is 1. The predicted octanol–water partition coefficient (Wildman–Crippen LogP) is 7.48. The molecule has 5 rings (SSSR count). The summed E-state index contributed by atoms with van der Waals surface area (Å²) in [7, 11) is 0. The molecule has 1 fully saturated rings. The Balaban J connectivity index is 1.29. The second-order valence-electron chi connectivity index (χ2n) is 9.58. The molecule has 2 aliphatic rings. The van der Waals surface area contributed by atoms with E-state index in [4.69, 9.17) is 16.3 Å². The first-order valence-corrected chi connectivity index (χ1v) is 14.3. The topological polar surface area (TPSA) is 56.6 Å². The van der Waals surface area contributed by atoms with Gasteiger partial charge in [-0.2, -0.15) is 5.26 Å². The Hall–Kier alpha value is -3.40. The average molecular weight is 544 g/mol. The summed E-state index contributed by atoms with van der Waals surface area (Å²) in [6.07, 6.45) is 3.73. The Labute approximate surface area is 233 Å². The van der Waals surface area contributed by atoms with Crippen molar-refractivity contribution in [2.45, 2.75) is 45.1 Å². The van der Waals surface area contributed by atoms with Crippen LogP contribution in [0.2, 0.25) is 5.02 Å². The van der Waals surface area contributed by atoms with Crippen LogP contribution in [-0.4, -0.2) is 23.4 Å². The molecule has 0 bridgehead atoms. The standard InChI is InChI=1S/C31H30ClN3O2S/c1-2-3-6-22-9-13-25(14-10-22)34-20-35-30(36)17-27(28(18-33)31(35)38-21-34)23-11-15-26(16-12-23)37-19-24-7-4-5-8-29(24)32/h4-5,7-16,27H,2-3,6,17,19-21H2,1H3. The number of hydrogen-bond acceptors (Lipinski definition) is 5. The van der Waals surface area contributed by atoms with Gasteiger partial charge in [0.15, 0.2) is 0 Å². The van der Waals surface area contributed by atoms with Gasteiger partial charge in [-0.1, -0.05) is 79.2 Å². The lowest BCUT2D eigenvalue weighted by Crippen LogP contribution is -2.47. The number of carbonyl (C=O) groups is 1. The summed E-state index contributed by atoms with van der Waals surface area (Å²) >= 11 is 7.79. The van der Waals surface area contributed by atoms with E-state index < -0.39 is 0 Å². The van der Waals surface area contributed by atoms with E-state index in [0.29, 0.717) is 35.5 Å². The van der Waals surface area contributed by atoms with Gasteiger partial charge in [0.25, 0.3) is 0 Å². The van der Waals surface area contributed by atoms with Crippen molar-refractivity contribution >= 4 is 35.0 Å². The van der Waals surface area contributed by atoms with Crippen LogP contribution in [0, 0.1) is 11.3 Å². The number of hydrogen-bond donors (Lipinski definition) is 0. The largest absolute Gasteiger partial charge is 0.489 e. The molecule has 1 atom stereocenters. The number of benzene rings is 3. The Bertz CT molecular complexity index is 1370. The minimum Gasteiger partial charge on any atom is -0.489 e. The van der Waals surface area contributed by atoms with Crippen LogP contribution in [0.25, 0.3) is 0 Å². The Kier molecular flexibility index (Phi) is 8.26. The van der Waals surface area contributed by atoms with Gasteiger partial charge in [0.05, 0.1) is 29.2 Å². The maximum atomic E-state index is 13.3. The second-order valence-corrected chi connectivity index (χ2v) is 10.9. The molecule has 3 aromatic rings. The molecule has 0 aromatic heterocycles. The Morgan fingerprint density at radius 3 is 2.55 bits per heavy atom. The fraction of sp³-hybridized carbons (Fsp3) is 0.290. The van der Waals surface area contributed by atoms with Crippen LogP contribution in [0.3, 0.4) is 0 Å². The number of nitriles is 1. The summed E-state index contributed by atoms with van der Waals surface area (Å²) < 4.78 is 5.91. The first-order valence-electron chi connectivity index (χ1n) is 12.9.